The minimum absolute atomic E-state index is 0.00310. The van der Waals surface area contributed by atoms with Gasteiger partial charge in [0.1, 0.15) is 21.8 Å². The van der Waals surface area contributed by atoms with Crippen LogP contribution in [0.3, 0.4) is 0 Å². The van der Waals surface area contributed by atoms with Gasteiger partial charge in [0.15, 0.2) is 0 Å². The highest BCUT2D eigenvalue weighted by Crippen LogP contribution is 2.39. The van der Waals surface area contributed by atoms with Gasteiger partial charge in [0.05, 0.1) is 17.7 Å². The van der Waals surface area contributed by atoms with E-state index in [0.717, 1.165) is 46.0 Å². The topological polar surface area (TPSA) is 87.9 Å². The molecule has 6 nitrogen and oxygen atoms in total. The van der Waals surface area contributed by atoms with Crippen molar-refractivity contribution in [2.75, 3.05) is 0 Å². The molecular weight excluding hydrogens is 408 g/mol. The molecule has 1 atom stereocenters. The second-order valence-electron chi connectivity index (χ2n) is 7.92. The molecule has 0 radical (unpaired) electrons. The number of rotatable bonds is 5. The lowest BCUT2D eigenvalue weighted by atomic mass is 9.85. The first kappa shape index (κ1) is 21.0. The molecule has 0 spiro atoms. The number of nitrogens with one attached hydrogen (secondary N) is 1. The number of hydrogen-bond acceptors (Lipinski definition) is 6. The van der Waals surface area contributed by atoms with Crippen LogP contribution in [0.15, 0.2) is 36.4 Å². The zero-order valence-electron chi connectivity index (χ0n) is 17.8. The predicted octanol–water partition coefficient (Wildman–Crippen LogP) is 5.04. The van der Waals surface area contributed by atoms with E-state index in [4.69, 9.17) is 4.74 Å². The third-order valence-electron chi connectivity index (χ3n) is 5.25. The fourth-order valence-electron chi connectivity index (χ4n) is 4.00. The Morgan fingerprint density at radius 2 is 2.06 bits per heavy atom. The van der Waals surface area contributed by atoms with Crippen LogP contribution in [0.5, 0.6) is 5.75 Å². The minimum atomic E-state index is -0.0142. The predicted molar refractivity (Wildman–Crippen MR) is 121 cm³/mol. The van der Waals surface area contributed by atoms with Crippen molar-refractivity contribution in [3.8, 4) is 33.0 Å². The van der Waals surface area contributed by atoms with Crippen LogP contribution in [0.1, 0.15) is 56.3 Å². The molecule has 158 valence electrons. The third-order valence-corrected chi connectivity index (χ3v) is 6.26. The first-order valence-electron chi connectivity index (χ1n) is 10.4. The summed E-state index contributed by atoms with van der Waals surface area (Å²) in [4.78, 5) is 11.6. The Morgan fingerprint density at radius 3 is 2.81 bits per heavy atom. The van der Waals surface area contributed by atoms with Crippen molar-refractivity contribution in [3.05, 3.63) is 53.1 Å². The van der Waals surface area contributed by atoms with Crippen LogP contribution in [0.4, 0.5) is 0 Å². The molecule has 31 heavy (non-hydrogen) atoms. The lowest BCUT2D eigenvalue weighted by Crippen LogP contribution is -2.29. The maximum Gasteiger partial charge on any atom is 0.217 e. The van der Waals surface area contributed by atoms with E-state index >= 15 is 0 Å². The highest BCUT2D eigenvalue weighted by molar-refractivity contribution is 7.17. The number of nitriles is 1. The Bertz CT molecular complexity index is 1160. The van der Waals surface area contributed by atoms with Gasteiger partial charge in [0.25, 0.3) is 0 Å². The van der Waals surface area contributed by atoms with Gasteiger partial charge < -0.3 is 10.1 Å². The molecule has 0 saturated heterocycles. The second-order valence-corrected chi connectivity index (χ2v) is 8.90. The van der Waals surface area contributed by atoms with Crippen LogP contribution < -0.4 is 10.1 Å². The highest BCUT2D eigenvalue weighted by atomic mass is 32.1. The van der Waals surface area contributed by atoms with E-state index in [1.54, 1.807) is 13.0 Å². The Kier molecular flexibility index (Phi) is 6.01. The first-order chi connectivity index (χ1) is 15.0. The van der Waals surface area contributed by atoms with Crippen LogP contribution in [-0.4, -0.2) is 22.2 Å². The zero-order chi connectivity index (χ0) is 22.0. The molecule has 4 rings (SSSR count). The van der Waals surface area contributed by atoms with Gasteiger partial charge in [-0.05, 0) is 62.4 Å². The minimum Gasteiger partial charge on any atom is -0.490 e. The van der Waals surface area contributed by atoms with Gasteiger partial charge in [0, 0.05) is 18.1 Å². The largest absolute Gasteiger partial charge is 0.490 e. The van der Waals surface area contributed by atoms with Gasteiger partial charge in [-0.1, -0.05) is 29.5 Å². The number of benzene rings is 2. The molecule has 1 heterocycles. The molecule has 1 N–H and O–H groups in total. The molecule has 3 aromatic rings. The average Bonchev–Trinajstić information content (AvgIpc) is 3.23. The normalized spacial score (nSPS) is 15.3. The summed E-state index contributed by atoms with van der Waals surface area (Å²) in [7, 11) is 0. The number of hydrogen-bond donors (Lipinski definition) is 1. The van der Waals surface area contributed by atoms with E-state index in [9.17, 15) is 10.1 Å². The summed E-state index contributed by atoms with van der Waals surface area (Å²) >= 11 is 1.51. The molecule has 1 aliphatic carbocycles. The monoisotopic (exact) mass is 432 g/mol. The van der Waals surface area contributed by atoms with Crippen LogP contribution in [0, 0.1) is 11.3 Å². The van der Waals surface area contributed by atoms with E-state index in [2.05, 4.69) is 33.7 Å². The summed E-state index contributed by atoms with van der Waals surface area (Å²) in [6.07, 6.45) is 2.91. The molecule has 0 aliphatic heterocycles. The summed E-state index contributed by atoms with van der Waals surface area (Å²) in [5.74, 6) is 0.562. The van der Waals surface area contributed by atoms with E-state index in [1.165, 1.54) is 16.9 Å². The fraction of sp³-hybridized carbons (Fsp3) is 0.333. The number of carbonyl (C=O) groups excluding carboxylic acids is 1. The number of nitrogens with zero attached hydrogens (tertiary/aromatic N) is 3. The van der Waals surface area contributed by atoms with Crippen LogP contribution in [0.2, 0.25) is 0 Å². The number of aromatic nitrogens is 2. The maximum atomic E-state index is 11.6. The van der Waals surface area contributed by atoms with Crippen LogP contribution in [0.25, 0.3) is 21.1 Å². The zero-order valence-corrected chi connectivity index (χ0v) is 18.6. The number of fused-ring (bicyclic) bond motifs is 1. The molecule has 7 heteroatoms. The Labute approximate surface area is 185 Å². The van der Waals surface area contributed by atoms with Gasteiger partial charge >= 0.3 is 0 Å². The summed E-state index contributed by atoms with van der Waals surface area (Å²) in [6.45, 7) is 5.42. The third kappa shape index (κ3) is 4.44. The molecule has 1 aromatic heterocycles. The Balaban J connectivity index is 1.68. The summed E-state index contributed by atoms with van der Waals surface area (Å²) in [6, 6.07) is 14.0. The first-order valence-corrected chi connectivity index (χ1v) is 11.2. The summed E-state index contributed by atoms with van der Waals surface area (Å²) < 4.78 is 5.72. The van der Waals surface area contributed by atoms with Crippen LogP contribution in [-0.2, 0) is 11.2 Å². The molecule has 0 saturated carbocycles. The van der Waals surface area contributed by atoms with Crippen molar-refractivity contribution in [2.24, 2.45) is 0 Å². The Morgan fingerprint density at radius 1 is 1.26 bits per heavy atom. The van der Waals surface area contributed by atoms with Gasteiger partial charge in [-0.2, -0.15) is 5.26 Å². The standard InChI is InChI=1S/C24H24N4O2S/c1-14(2)30-22-11-10-16(12-17(22)13-25)23-27-28-24(31-23)20-8-4-7-19-18(20)6-5-9-21(19)26-15(3)29/h4,7-8,10-12,14,21H,5-6,9H2,1-3H3,(H,26,29)/t21-/m0/s1. The van der Waals surface area contributed by atoms with E-state index in [-0.39, 0.29) is 18.1 Å². The molecular formula is C24H24N4O2S. The number of amides is 1. The van der Waals surface area contributed by atoms with Crippen molar-refractivity contribution >= 4 is 17.2 Å². The van der Waals surface area contributed by atoms with Crippen LogP contribution >= 0.6 is 11.3 Å². The van der Waals surface area contributed by atoms with E-state index in [1.807, 2.05) is 32.0 Å². The summed E-state index contributed by atoms with van der Waals surface area (Å²) in [5, 5.41) is 23.0. The van der Waals surface area contributed by atoms with Crippen molar-refractivity contribution in [1.82, 2.24) is 15.5 Å². The smallest absolute Gasteiger partial charge is 0.217 e. The molecule has 0 fully saturated rings. The van der Waals surface area contributed by atoms with Crippen molar-refractivity contribution in [1.29, 1.82) is 5.26 Å². The lowest BCUT2D eigenvalue weighted by molar-refractivity contribution is -0.119. The average molecular weight is 433 g/mol. The fourth-order valence-corrected chi connectivity index (χ4v) is 4.89. The van der Waals surface area contributed by atoms with E-state index < -0.39 is 0 Å². The molecule has 0 bridgehead atoms. The van der Waals surface area contributed by atoms with Gasteiger partial charge in [-0.25, -0.2) is 0 Å². The molecule has 1 amide bonds. The van der Waals surface area contributed by atoms with Crippen molar-refractivity contribution in [2.45, 2.75) is 52.2 Å². The number of ether oxygens (including phenoxy) is 1. The number of carbonyl (C=O) groups is 1. The highest BCUT2D eigenvalue weighted by Gasteiger charge is 2.24. The molecule has 2 aromatic carbocycles. The van der Waals surface area contributed by atoms with Crippen molar-refractivity contribution in [3.63, 3.8) is 0 Å². The molecule has 1 aliphatic rings. The van der Waals surface area contributed by atoms with Gasteiger partial charge in [-0.3, -0.25) is 4.79 Å². The SMILES string of the molecule is CC(=O)N[C@H]1CCCc2c(-c3nnc(-c4ccc(OC(C)C)c(C#N)c4)s3)cccc21. The Hall–Kier alpha value is -3.24. The van der Waals surface area contributed by atoms with Crippen molar-refractivity contribution < 1.29 is 9.53 Å². The van der Waals surface area contributed by atoms with E-state index in [0.29, 0.717) is 11.3 Å². The summed E-state index contributed by atoms with van der Waals surface area (Å²) in [5.41, 5.74) is 4.79. The van der Waals surface area contributed by atoms with Gasteiger partial charge in [0.2, 0.25) is 5.91 Å². The molecule has 0 unspecified atom stereocenters. The second kappa shape index (κ2) is 8.86. The lowest BCUT2D eigenvalue weighted by Gasteiger charge is -2.27. The maximum absolute atomic E-state index is 11.6. The quantitative estimate of drug-likeness (QED) is 0.610. The van der Waals surface area contributed by atoms with Gasteiger partial charge in [-0.15, -0.1) is 10.2 Å².